The Morgan fingerprint density at radius 2 is 1.79 bits per heavy atom. The third-order valence-electron chi connectivity index (χ3n) is 8.96. The zero-order chi connectivity index (χ0) is 37.8. The standard InChI is InChI=1S/C33H34ClF5N10O3/c1-30(2,3)17-32(21-8-5-18(6-9-21)20-14-41-48(15-20)27(35)36)26(50)49(28(40)42-32)24(16-52-29(51)43-31(11-12-31)33(37,38)39)19-7-10-23(34)22(13-19)25-44-45-46-47(25)4/h5-10,13-15,24,27H,11-12,16-17H2,1-4H3,(H2,40,42)(H,43,51)/t24-,32-/m1/s1. The number of nitrogens with two attached hydrogens (primary N) is 1. The first-order chi connectivity index (χ1) is 24.3. The van der Waals surface area contributed by atoms with Crippen molar-refractivity contribution in [3.8, 4) is 22.5 Å². The van der Waals surface area contributed by atoms with Gasteiger partial charge in [-0.25, -0.2) is 19.2 Å². The number of alkyl halides is 5. The van der Waals surface area contributed by atoms with Gasteiger partial charge in [-0.3, -0.25) is 9.69 Å². The second-order valence-corrected chi connectivity index (χ2v) is 14.4. The largest absolute Gasteiger partial charge is 0.447 e. The van der Waals surface area contributed by atoms with E-state index in [0.717, 1.165) is 4.90 Å². The predicted octanol–water partition coefficient (Wildman–Crippen LogP) is 6.14. The van der Waals surface area contributed by atoms with Gasteiger partial charge in [-0.1, -0.05) is 62.7 Å². The molecule has 52 heavy (non-hydrogen) atoms. The van der Waals surface area contributed by atoms with Crippen LogP contribution in [0, 0.1) is 5.41 Å². The minimum atomic E-state index is -4.69. The van der Waals surface area contributed by atoms with Crippen LogP contribution in [-0.2, 0) is 22.1 Å². The number of benzene rings is 2. The number of alkyl carbamates (subject to hydrolysis) is 1. The van der Waals surface area contributed by atoms with Crippen LogP contribution in [0.3, 0.4) is 0 Å². The van der Waals surface area contributed by atoms with Gasteiger partial charge in [-0.15, -0.1) is 5.10 Å². The summed E-state index contributed by atoms with van der Waals surface area (Å²) in [6.07, 6.45) is -3.97. The smallest absolute Gasteiger partial charge is 0.411 e. The highest BCUT2D eigenvalue weighted by Crippen LogP contribution is 2.49. The molecule has 0 bridgehead atoms. The lowest BCUT2D eigenvalue weighted by Crippen LogP contribution is -2.50. The molecule has 2 aromatic carbocycles. The Bertz CT molecular complexity index is 2020. The average molecular weight is 749 g/mol. The van der Waals surface area contributed by atoms with Gasteiger partial charge in [-0.2, -0.15) is 27.1 Å². The van der Waals surface area contributed by atoms with Crippen molar-refractivity contribution >= 4 is 29.6 Å². The van der Waals surface area contributed by atoms with E-state index in [4.69, 9.17) is 27.1 Å². The molecule has 2 atom stereocenters. The van der Waals surface area contributed by atoms with Crippen molar-refractivity contribution < 1.29 is 36.3 Å². The predicted molar refractivity (Wildman–Crippen MR) is 178 cm³/mol. The molecule has 6 rings (SSSR count). The third-order valence-corrected chi connectivity index (χ3v) is 9.29. The van der Waals surface area contributed by atoms with Gasteiger partial charge in [0.05, 0.1) is 17.3 Å². The number of tetrazole rings is 1. The second-order valence-electron chi connectivity index (χ2n) is 14.0. The fraction of sp³-hybridized carbons (Fsp3) is 0.424. The van der Waals surface area contributed by atoms with Crippen molar-refractivity contribution in [1.29, 1.82) is 0 Å². The molecular formula is C33H34ClF5N10O3. The molecule has 1 aliphatic heterocycles. The summed E-state index contributed by atoms with van der Waals surface area (Å²) in [5.41, 5.74) is 4.14. The first kappa shape index (κ1) is 36.7. The van der Waals surface area contributed by atoms with Crippen molar-refractivity contribution in [2.24, 2.45) is 23.2 Å². The zero-order valence-electron chi connectivity index (χ0n) is 28.3. The summed E-state index contributed by atoms with van der Waals surface area (Å²) in [5.74, 6) is -0.574. The SMILES string of the molecule is Cn1nnnc1-c1cc([C@@H](COC(=O)NC2(C(F)(F)F)CC2)N2C(=O)[C@@](CC(C)(C)C)(c3ccc(-c4cnn(C(F)F)c4)cc3)N=C2N)ccc1Cl. The number of ether oxygens (including phenoxy) is 1. The molecule has 19 heteroatoms. The third kappa shape index (κ3) is 6.90. The van der Waals surface area contributed by atoms with E-state index in [0.29, 0.717) is 32.5 Å². The van der Waals surface area contributed by atoms with Gasteiger partial charge in [0.25, 0.3) is 5.91 Å². The van der Waals surface area contributed by atoms with E-state index >= 15 is 0 Å². The fourth-order valence-corrected chi connectivity index (χ4v) is 6.50. The first-order valence-corrected chi connectivity index (χ1v) is 16.4. The number of halogens is 6. The van der Waals surface area contributed by atoms with E-state index in [1.807, 2.05) is 26.1 Å². The number of carbonyl (C=O) groups excluding carboxylic acids is 2. The Labute approximate surface area is 298 Å². The number of rotatable bonds is 10. The zero-order valence-corrected chi connectivity index (χ0v) is 29.1. The molecule has 13 nitrogen and oxygen atoms in total. The highest BCUT2D eigenvalue weighted by atomic mass is 35.5. The minimum Gasteiger partial charge on any atom is -0.447 e. The van der Waals surface area contributed by atoms with E-state index in [-0.39, 0.29) is 36.1 Å². The molecule has 1 saturated carbocycles. The van der Waals surface area contributed by atoms with Crippen molar-refractivity contribution in [1.82, 2.24) is 40.2 Å². The molecule has 3 heterocycles. The maximum Gasteiger partial charge on any atom is 0.411 e. The number of aromatic nitrogens is 6. The van der Waals surface area contributed by atoms with Gasteiger partial charge in [0, 0.05) is 24.4 Å². The lowest BCUT2D eigenvalue weighted by atomic mass is 9.75. The Morgan fingerprint density at radius 3 is 2.35 bits per heavy atom. The molecule has 0 saturated heterocycles. The van der Waals surface area contributed by atoms with Crippen molar-refractivity contribution in [2.45, 2.75) is 69.9 Å². The number of nitrogens with one attached hydrogen (secondary N) is 1. The molecule has 0 unspecified atom stereocenters. The quantitative estimate of drug-likeness (QED) is 0.183. The van der Waals surface area contributed by atoms with Gasteiger partial charge in [0.2, 0.25) is 0 Å². The number of guanidine groups is 1. The van der Waals surface area contributed by atoms with Crippen LogP contribution in [0.5, 0.6) is 0 Å². The Hall–Kier alpha value is -5.13. The normalized spacial score (nSPS) is 19.2. The van der Waals surface area contributed by atoms with Crippen LogP contribution in [0.25, 0.3) is 22.5 Å². The highest BCUT2D eigenvalue weighted by Gasteiger charge is 2.64. The fourth-order valence-electron chi connectivity index (χ4n) is 6.30. The number of aryl methyl sites for hydroxylation is 1. The van der Waals surface area contributed by atoms with Gasteiger partial charge >= 0.3 is 18.8 Å². The van der Waals surface area contributed by atoms with Crippen LogP contribution in [-0.4, -0.2) is 71.2 Å². The molecule has 0 radical (unpaired) electrons. The molecule has 2 aromatic heterocycles. The number of carbonyl (C=O) groups is 2. The highest BCUT2D eigenvalue weighted by molar-refractivity contribution is 6.33. The summed E-state index contributed by atoms with van der Waals surface area (Å²) in [5, 5.41) is 17.3. The number of amides is 2. The van der Waals surface area contributed by atoms with Gasteiger partial charge in [0.15, 0.2) is 17.3 Å². The minimum absolute atomic E-state index is 0.150. The van der Waals surface area contributed by atoms with Gasteiger partial charge < -0.3 is 15.8 Å². The van der Waals surface area contributed by atoms with Crippen LogP contribution in [0.2, 0.25) is 5.02 Å². The maximum atomic E-state index is 14.9. The number of nitrogens with zero attached hydrogens (tertiary/aromatic N) is 8. The molecule has 1 aliphatic carbocycles. The van der Waals surface area contributed by atoms with Crippen LogP contribution in [0.15, 0.2) is 59.9 Å². The number of hydrogen-bond acceptors (Lipinski definition) is 9. The summed E-state index contributed by atoms with van der Waals surface area (Å²) in [4.78, 5) is 33.6. The molecule has 2 aliphatic rings. The van der Waals surface area contributed by atoms with E-state index in [1.54, 1.807) is 43.4 Å². The van der Waals surface area contributed by atoms with E-state index in [1.165, 1.54) is 23.1 Å². The van der Waals surface area contributed by atoms with Crippen LogP contribution >= 0.6 is 11.6 Å². The van der Waals surface area contributed by atoms with Crippen LogP contribution in [0.4, 0.5) is 26.7 Å². The lowest BCUT2D eigenvalue weighted by Gasteiger charge is -2.35. The molecular weight excluding hydrogens is 715 g/mol. The van der Waals surface area contributed by atoms with Crippen LogP contribution < -0.4 is 11.1 Å². The average Bonchev–Trinajstić information content (AvgIpc) is 3.37. The second kappa shape index (κ2) is 13.1. The summed E-state index contributed by atoms with van der Waals surface area (Å²) in [6, 6.07) is 10.0. The molecule has 2 amide bonds. The summed E-state index contributed by atoms with van der Waals surface area (Å²) < 4.78 is 74.5. The van der Waals surface area contributed by atoms with E-state index < -0.39 is 53.9 Å². The number of aliphatic imine (C=N–C) groups is 1. The van der Waals surface area contributed by atoms with Crippen LogP contribution in [0.1, 0.15) is 63.8 Å². The topological polar surface area (TPSA) is 158 Å². The van der Waals surface area contributed by atoms with Crippen molar-refractivity contribution in [3.63, 3.8) is 0 Å². The Balaban J connectivity index is 1.39. The first-order valence-electron chi connectivity index (χ1n) is 16.0. The summed E-state index contributed by atoms with van der Waals surface area (Å²) in [7, 11) is 1.59. The molecule has 4 aromatic rings. The molecule has 3 N–H and O–H groups in total. The Morgan fingerprint density at radius 1 is 1.10 bits per heavy atom. The monoisotopic (exact) mass is 748 g/mol. The summed E-state index contributed by atoms with van der Waals surface area (Å²) in [6.45, 7) is 2.27. The van der Waals surface area contributed by atoms with E-state index in [9.17, 15) is 31.5 Å². The lowest BCUT2D eigenvalue weighted by molar-refractivity contribution is -0.164. The van der Waals surface area contributed by atoms with Gasteiger partial charge in [0.1, 0.15) is 12.1 Å². The van der Waals surface area contributed by atoms with Gasteiger partial charge in [-0.05, 0) is 63.9 Å². The van der Waals surface area contributed by atoms with Crippen molar-refractivity contribution in [3.05, 3.63) is 71.0 Å². The van der Waals surface area contributed by atoms with E-state index in [2.05, 4.69) is 20.6 Å². The van der Waals surface area contributed by atoms with Crippen molar-refractivity contribution in [2.75, 3.05) is 6.61 Å². The number of hydrogen-bond donors (Lipinski definition) is 2. The molecule has 1 fully saturated rings. The maximum absolute atomic E-state index is 14.9. The summed E-state index contributed by atoms with van der Waals surface area (Å²) >= 11 is 6.52. The molecule has 276 valence electrons. The molecule has 0 spiro atoms. The Kier molecular flexibility index (Phi) is 9.25.